The molecular weight excluding hydrogens is 429 g/mol. The first-order valence-electron chi connectivity index (χ1n) is 10.6. The lowest BCUT2D eigenvalue weighted by atomic mass is 9.68. The van der Waals surface area contributed by atoms with Crippen LogP contribution < -0.4 is 9.64 Å². The summed E-state index contributed by atoms with van der Waals surface area (Å²) < 4.78 is 42.9. The number of aromatic nitrogens is 1. The number of carbonyl (C=O) groups is 1. The number of ether oxygens (including phenoxy) is 1. The lowest BCUT2D eigenvalue weighted by molar-refractivity contribution is -0.189. The molecule has 5 nitrogen and oxygen atoms in total. The molecule has 1 spiro atoms. The Bertz CT molecular complexity index is 785. The number of anilines is 1. The van der Waals surface area contributed by atoms with Gasteiger partial charge in [-0.15, -0.1) is 0 Å². The highest BCUT2D eigenvalue weighted by atomic mass is 32.2. The van der Waals surface area contributed by atoms with E-state index in [1.54, 1.807) is 22.7 Å². The van der Waals surface area contributed by atoms with Gasteiger partial charge in [-0.1, -0.05) is 20.8 Å². The molecule has 1 saturated carbocycles. The van der Waals surface area contributed by atoms with Crippen molar-refractivity contribution in [3.8, 4) is 5.88 Å². The van der Waals surface area contributed by atoms with Gasteiger partial charge in [0.05, 0.1) is 22.9 Å². The number of aliphatic hydroxyl groups is 1. The molecule has 2 fully saturated rings. The minimum atomic E-state index is -4.47. The van der Waals surface area contributed by atoms with Crippen LogP contribution in [0.15, 0.2) is 18.3 Å². The van der Waals surface area contributed by atoms with Crippen molar-refractivity contribution in [2.75, 3.05) is 17.2 Å². The van der Waals surface area contributed by atoms with Crippen LogP contribution in [0, 0.1) is 5.41 Å². The standard InChI is InChI=1S/C22H31F3N2O3S/c1-15(22(23,24)25)30-17-6-5-16(13-26-17)27-12-11-20(18(27)28)7-9-21(29,10-8-20)14-31-19(2,3)4/h5-6,13,15,29H,7-12,14H2,1-4H3/t15-,20-,21-/m0/s1. The quantitative estimate of drug-likeness (QED) is 0.672. The zero-order valence-corrected chi connectivity index (χ0v) is 19.3. The average Bonchev–Trinajstić information content (AvgIpc) is 2.99. The zero-order valence-electron chi connectivity index (χ0n) is 18.5. The maximum absolute atomic E-state index is 13.2. The van der Waals surface area contributed by atoms with E-state index in [9.17, 15) is 23.1 Å². The first-order chi connectivity index (χ1) is 14.2. The monoisotopic (exact) mass is 460 g/mol. The highest BCUT2D eigenvalue weighted by Crippen LogP contribution is 2.49. The summed E-state index contributed by atoms with van der Waals surface area (Å²) in [5, 5.41) is 11.0. The van der Waals surface area contributed by atoms with Gasteiger partial charge in [-0.3, -0.25) is 4.79 Å². The third-order valence-electron chi connectivity index (χ3n) is 6.22. The van der Waals surface area contributed by atoms with Crippen molar-refractivity contribution >= 4 is 23.4 Å². The van der Waals surface area contributed by atoms with E-state index in [4.69, 9.17) is 4.74 Å². The molecule has 1 aliphatic carbocycles. The van der Waals surface area contributed by atoms with E-state index in [-0.39, 0.29) is 16.5 Å². The normalized spacial score (nSPS) is 28.3. The number of hydrogen-bond donors (Lipinski definition) is 1. The highest BCUT2D eigenvalue weighted by Gasteiger charge is 2.51. The minimum Gasteiger partial charge on any atom is -0.465 e. The number of nitrogens with zero attached hydrogens (tertiary/aromatic N) is 2. The van der Waals surface area contributed by atoms with Crippen molar-refractivity contribution in [1.82, 2.24) is 4.98 Å². The van der Waals surface area contributed by atoms with Gasteiger partial charge in [0.15, 0.2) is 6.10 Å². The molecule has 0 aromatic carbocycles. The van der Waals surface area contributed by atoms with Crippen LogP contribution in [0.1, 0.15) is 59.8 Å². The SMILES string of the molecule is C[C@H](Oc1ccc(N2CC[C@]3(CC[C@](O)(CSC(C)(C)C)CC3)C2=O)cn1)C(F)(F)F. The van der Waals surface area contributed by atoms with Gasteiger partial charge in [-0.25, -0.2) is 4.98 Å². The van der Waals surface area contributed by atoms with E-state index < -0.39 is 23.3 Å². The number of alkyl halides is 3. The second-order valence-electron chi connectivity index (χ2n) is 9.77. The summed E-state index contributed by atoms with van der Waals surface area (Å²) in [6, 6.07) is 2.93. The van der Waals surface area contributed by atoms with E-state index >= 15 is 0 Å². The predicted molar refractivity (Wildman–Crippen MR) is 115 cm³/mol. The fourth-order valence-corrected chi connectivity index (χ4v) is 5.06. The van der Waals surface area contributed by atoms with Crippen molar-refractivity contribution in [2.24, 2.45) is 5.41 Å². The Morgan fingerprint density at radius 1 is 1.19 bits per heavy atom. The number of rotatable bonds is 5. The van der Waals surface area contributed by atoms with E-state index in [1.807, 2.05) is 0 Å². The van der Waals surface area contributed by atoms with Crippen molar-refractivity contribution in [3.63, 3.8) is 0 Å². The molecule has 174 valence electrons. The number of pyridine rings is 1. The lowest BCUT2D eigenvalue weighted by Gasteiger charge is -2.41. The number of carbonyl (C=O) groups excluding carboxylic acids is 1. The van der Waals surface area contributed by atoms with Gasteiger partial charge in [-0.05, 0) is 45.1 Å². The summed E-state index contributed by atoms with van der Waals surface area (Å²) in [5.74, 6) is 0.540. The Morgan fingerprint density at radius 2 is 1.84 bits per heavy atom. The Hall–Kier alpha value is -1.48. The Kier molecular flexibility index (Phi) is 6.60. The molecule has 0 bridgehead atoms. The molecule has 0 radical (unpaired) electrons. The summed E-state index contributed by atoms with van der Waals surface area (Å²) in [6.07, 6.45) is -1.87. The predicted octanol–water partition coefficient (Wildman–Crippen LogP) is 4.97. The van der Waals surface area contributed by atoms with Gasteiger partial charge >= 0.3 is 6.18 Å². The van der Waals surface area contributed by atoms with Crippen molar-refractivity contribution in [2.45, 2.75) is 82.4 Å². The maximum atomic E-state index is 13.2. The smallest absolute Gasteiger partial charge is 0.425 e. The summed E-state index contributed by atoms with van der Waals surface area (Å²) in [4.78, 5) is 18.8. The highest BCUT2D eigenvalue weighted by molar-refractivity contribution is 8.00. The van der Waals surface area contributed by atoms with Crippen LogP contribution in [0.5, 0.6) is 5.88 Å². The van der Waals surface area contributed by atoms with E-state index in [0.717, 1.165) is 6.92 Å². The van der Waals surface area contributed by atoms with Gasteiger partial charge < -0.3 is 14.7 Å². The molecule has 1 aliphatic heterocycles. The molecule has 1 amide bonds. The van der Waals surface area contributed by atoms with Crippen LogP contribution >= 0.6 is 11.8 Å². The number of halogens is 3. The molecule has 3 rings (SSSR count). The minimum absolute atomic E-state index is 0.0113. The Morgan fingerprint density at radius 3 is 2.35 bits per heavy atom. The molecule has 0 unspecified atom stereocenters. The average molecular weight is 461 g/mol. The van der Waals surface area contributed by atoms with E-state index in [2.05, 4.69) is 25.8 Å². The van der Waals surface area contributed by atoms with Crippen molar-refractivity contribution in [1.29, 1.82) is 0 Å². The molecule has 2 heterocycles. The molecule has 1 atom stereocenters. The largest absolute Gasteiger partial charge is 0.465 e. The number of thioether (sulfide) groups is 1. The van der Waals surface area contributed by atoms with Crippen LogP contribution in [0.4, 0.5) is 18.9 Å². The zero-order chi connectivity index (χ0) is 23.1. The molecule has 1 aromatic heterocycles. The summed E-state index contributed by atoms with van der Waals surface area (Å²) in [5.41, 5.74) is -0.663. The topological polar surface area (TPSA) is 62.7 Å². The third kappa shape index (κ3) is 5.66. The molecule has 2 aliphatic rings. The van der Waals surface area contributed by atoms with Gasteiger partial charge in [0.1, 0.15) is 0 Å². The van der Waals surface area contributed by atoms with Crippen LogP contribution in [0.2, 0.25) is 0 Å². The number of hydrogen-bond acceptors (Lipinski definition) is 5. The molecule has 9 heteroatoms. The first-order valence-corrected chi connectivity index (χ1v) is 11.6. The van der Waals surface area contributed by atoms with Crippen molar-refractivity contribution < 1.29 is 27.8 Å². The van der Waals surface area contributed by atoms with Crippen molar-refractivity contribution in [3.05, 3.63) is 18.3 Å². The Labute approximate surface area is 185 Å². The van der Waals surface area contributed by atoms with Gasteiger partial charge in [0.25, 0.3) is 0 Å². The molecule has 1 saturated heterocycles. The second-order valence-corrected chi connectivity index (χ2v) is 11.6. The van der Waals surface area contributed by atoms with Crippen LogP contribution in [0.3, 0.4) is 0 Å². The Balaban J connectivity index is 1.61. The lowest BCUT2D eigenvalue weighted by Crippen LogP contribution is -2.45. The summed E-state index contributed by atoms with van der Waals surface area (Å²) in [7, 11) is 0. The summed E-state index contributed by atoms with van der Waals surface area (Å²) in [6.45, 7) is 7.83. The number of amides is 1. The fraction of sp³-hybridized carbons (Fsp3) is 0.727. The summed E-state index contributed by atoms with van der Waals surface area (Å²) >= 11 is 1.74. The second kappa shape index (κ2) is 8.46. The van der Waals surface area contributed by atoms with Gasteiger partial charge in [-0.2, -0.15) is 24.9 Å². The van der Waals surface area contributed by atoms with Gasteiger partial charge in [0, 0.05) is 23.1 Å². The molecular formula is C22H31F3N2O3S. The third-order valence-corrected chi connectivity index (χ3v) is 7.76. The molecule has 1 aromatic rings. The maximum Gasteiger partial charge on any atom is 0.425 e. The van der Waals surface area contributed by atoms with E-state index in [1.165, 1.54) is 12.3 Å². The van der Waals surface area contributed by atoms with Crippen LogP contribution in [-0.4, -0.2) is 50.9 Å². The molecule has 1 N–H and O–H groups in total. The first kappa shape index (κ1) is 24.2. The fourth-order valence-electron chi connectivity index (χ4n) is 4.07. The molecule has 31 heavy (non-hydrogen) atoms. The van der Waals surface area contributed by atoms with E-state index in [0.29, 0.717) is 50.1 Å². The van der Waals surface area contributed by atoms with Crippen LogP contribution in [0.25, 0.3) is 0 Å². The van der Waals surface area contributed by atoms with Crippen LogP contribution in [-0.2, 0) is 4.79 Å². The van der Waals surface area contributed by atoms with Gasteiger partial charge in [0.2, 0.25) is 11.8 Å².